The minimum Gasteiger partial charge on any atom is -0.321 e. The average molecular weight is 362 g/mol. The van der Waals surface area contributed by atoms with Crippen LogP contribution in [0.25, 0.3) is 0 Å². The Kier molecular flexibility index (Phi) is 5.36. The van der Waals surface area contributed by atoms with Gasteiger partial charge in [0.05, 0.1) is 11.3 Å². The summed E-state index contributed by atoms with van der Waals surface area (Å²) in [7, 11) is 1.71. The summed E-state index contributed by atoms with van der Waals surface area (Å²) < 4.78 is 1.51. The van der Waals surface area contributed by atoms with Crippen molar-refractivity contribution in [3.05, 3.63) is 77.9 Å². The highest BCUT2D eigenvalue weighted by atomic mass is 16.2. The van der Waals surface area contributed by atoms with Crippen LogP contribution >= 0.6 is 0 Å². The van der Waals surface area contributed by atoms with Gasteiger partial charge in [0.1, 0.15) is 5.69 Å². The van der Waals surface area contributed by atoms with E-state index < -0.39 is 0 Å². The highest BCUT2D eigenvalue weighted by Gasteiger charge is 2.10. The SMILES string of the molecule is CC(=NNC(=O)c1cccnc1)c1ccc(NC(=O)c2ccnn2C)cc1. The Morgan fingerprint density at radius 2 is 1.78 bits per heavy atom. The van der Waals surface area contributed by atoms with Gasteiger partial charge in [0, 0.05) is 31.3 Å². The van der Waals surface area contributed by atoms with Crippen molar-refractivity contribution in [2.45, 2.75) is 6.92 Å². The number of nitrogens with one attached hydrogen (secondary N) is 2. The standard InChI is InChI=1S/C19H18N6O2/c1-13(23-24-18(26)15-4-3-10-20-12-15)14-5-7-16(8-6-14)22-19(27)17-9-11-21-25(17)2/h3-12H,1-2H3,(H,22,27)(H,24,26). The molecule has 0 aliphatic heterocycles. The molecular weight excluding hydrogens is 344 g/mol. The Hall–Kier alpha value is -3.81. The molecule has 2 amide bonds. The fourth-order valence-electron chi connectivity index (χ4n) is 2.35. The Morgan fingerprint density at radius 1 is 1.00 bits per heavy atom. The lowest BCUT2D eigenvalue weighted by atomic mass is 10.1. The van der Waals surface area contributed by atoms with E-state index in [1.807, 2.05) is 12.1 Å². The zero-order chi connectivity index (χ0) is 19.2. The van der Waals surface area contributed by atoms with E-state index in [0.717, 1.165) is 5.56 Å². The Balaban J connectivity index is 1.63. The van der Waals surface area contributed by atoms with Gasteiger partial charge in [-0.15, -0.1) is 0 Å². The molecule has 0 aliphatic rings. The molecule has 0 unspecified atom stereocenters. The number of aromatic nitrogens is 3. The summed E-state index contributed by atoms with van der Waals surface area (Å²) in [5, 5.41) is 10.9. The van der Waals surface area contributed by atoms with Gasteiger partial charge < -0.3 is 5.32 Å². The molecule has 0 fully saturated rings. The van der Waals surface area contributed by atoms with Gasteiger partial charge in [-0.05, 0) is 42.8 Å². The number of nitrogens with zero attached hydrogens (tertiary/aromatic N) is 4. The number of carbonyl (C=O) groups is 2. The molecule has 0 atom stereocenters. The third-order valence-electron chi connectivity index (χ3n) is 3.86. The second-order valence-corrected chi connectivity index (χ2v) is 5.75. The van der Waals surface area contributed by atoms with Crippen molar-refractivity contribution in [2.24, 2.45) is 12.1 Å². The molecule has 3 aromatic rings. The van der Waals surface area contributed by atoms with Crippen molar-refractivity contribution in [1.82, 2.24) is 20.2 Å². The zero-order valence-corrected chi connectivity index (χ0v) is 14.9. The summed E-state index contributed by atoms with van der Waals surface area (Å²) in [6, 6.07) is 12.2. The van der Waals surface area contributed by atoms with Gasteiger partial charge in [0.2, 0.25) is 0 Å². The van der Waals surface area contributed by atoms with Gasteiger partial charge in [-0.3, -0.25) is 19.3 Å². The van der Waals surface area contributed by atoms with Crippen molar-refractivity contribution >= 4 is 23.2 Å². The largest absolute Gasteiger partial charge is 0.321 e. The maximum atomic E-state index is 12.2. The monoisotopic (exact) mass is 362 g/mol. The minimum atomic E-state index is -0.331. The van der Waals surface area contributed by atoms with Crippen LogP contribution in [0, 0.1) is 0 Å². The van der Waals surface area contributed by atoms with Crippen LogP contribution in [0.2, 0.25) is 0 Å². The van der Waals surface area contributed by atoms with Crippen molar-refractivity contribution in [2.75, 3.05) is 5.32 Å². The molecule has 27 heavy (non-hydrogen) atoms. The molecular formula is C19H18N6O2. The highest BCUT2D eigenvalue weighted by Crippen LogP contribution is 2.12. The van der Waals surface area contributed by atoms with Crippen LogP contribution in [-0.4, -0.2) is 32.3 Å². The zero-order valence-electron chi connectivity index (χ0n) is 14.9. The number of benzene rings is 1. The van der Waals surface area contributed by atoms with Crippen molar-refractivity contribution in [3.63, 3.8) is 0 Å². The van der Waals surface area contributed by atoms with Crippen molar-refractivity contribution in [1.29, 1.82) is 0 Å². The summed E-state index contributed by atoms with van der Waals surface area (Å²) in [6.45, 7) is 1.78. The van der Waals surface area contributed by atoms with Crippen LogP contribution < -0.4 is 10.7 Å². The first-order chi connectivity index (χ1) is 13.0. The quantitative estimate of drug-likeness (QED) is 0.537. The number of hydrogen-bond acceptors (Lipinski definition) is 5. The topological polar surface area (TPSA) is 101 Å². The van der Waals surface area contributed by atoms with E-state index in [9.17, 15) is 9.59 Å². The van der Waals surface area contributed by atoms with E-state index >= 15 is 0 Å². The smallest absolute Gasteiger partial charge is 0.273 e. The van der Waals surface area contributed by atoms with Gasteiger partial charge in [0.25, 0.3) is 11.8 Å². The molecule has 2 aromatic heterocycles. The Bertz CT molecular complexity index is 977. The van der Waals surface area contributed by atoms with Gasteiger partial charge in [-0.1, -0.05) is 12.1 Å². The van der Waals surface area contributed by atoms with Crippen LogP contribution in [0.3, 0.4) is 0 Å². The van der Waals surface area contributed by atoms with Crippen LogP contribution in [0.5, 0.6) is 0 Å². The predicted octanol–water partition coefficient (Wildman–Crippen LogP) is 2.22. The summed E-state index contributed by atoms with van der Waals surface area (Å²) in [6.07, 6.45) is 4.64. The third-order valence-corrected chi connectivity index (χ3v) is 3.86. The lowest BCUT2D eigenvalue weighted by molar-refractivity contribution is 0.0953. The Morgan fingerprint density at radius 3 is 2.41 bits per heavy atom. The van der Waals surface area contributed by atoms with Crippen LogP contribution in [0.4, 0.5) is 5.69 Å². The predicted molar refractivity (Wildman–Crippen MR) is 102 cm³/mol. The van der Waals surface area contributed by atoms with Gasteiger partial charge in [-0.2, -0.15) is 10.2 Å². The first kappa shape index (κ1) is 18.0. The Labute approximate surface area is 155 Å². The molecule has 136 valence electrons. The minimum absolute atomic E-state index is 0.239. The molecule has 0 saturated heterocycles. The molecule has 1 aromatic carbocycles. The molecule has 0 bridgehead atoms. The molecule has 2 heterocycles. The van der Waals surface area contributed by atoms with Gasteiger partial charge in [-0.25, -0.2) is 5.43 Å². The second kappa shape index (κ2) is 8.05. The molecule has 8 heteroatoms. The first-order valence-electron chi connectivity index (χ1n) is 8.19. The molecule has 0 radical (unpaired) electrons. The average Bonchev–Trinajstić information content (AvgIpc) is 3.13. The van der Waals surface area contributed by atoms with Crippen molar-refractivity contribution < 1.29 is 9.59 Å². The van der Waals surface area contributed by atoms with Crippen LogP contribution in [0.15, 0.2) is 66.2 Å². The van der Waals surface area contributed by atoms with Gasteiger partial charge >= 0.3 is 0 Å². The number of anilines is 1. The number of carbonyl (C=O) groups excluding carboxylic acids is 2. The first-order valence-corrected chi connectivity index (χ1v) is 8.19. The normalized spacial score (nSPS) is 11.1. The summed E-state index contributed by atoms with van der Waals surface area (Å²) in [4.78, 5) is 28.1. The summed E-state index contributed by atoms with van der Waals surface area (Å²) in [5.74, 6) is -0.570. The van der Waals surface area contributed by atoms with Crippen molar-refractivity contribution in [3.8, 4) is 0 Å². The molecule has 2 N–H and O–H groups in total. The lowest BCUT2D eigenvalue weighted by Crippen LogP contribution is -2.19. The van der Waals surface area contributed by atoms with E-state index in [2.05, 4.69) is 25.9 Å². The number of pyridine rings is 1. The van der Waals surface area contributed by atoms with E-state index in [-0.39, 0.29) is 11.8 Å². The molecule has 8 nitrogen and oxygen atoms in total. The maximum absolute atomic E-state index is 12.2. The number of hydrazone groups is 1. The third kappa shape index (κ3) is 4.43. The molecule has 0 aliphatic carbocycles. The van der Waals surface area contributed by atoms with E-state index in [1.54, 1.807) is 56.7 Å². The molecule has 0 spiro atoms. The highest BCUT2D eigenvalue weighted by molar-refractivity contribution is 6.04. The molecule has 3 rings (SSSR count). The number of hydrogen-bond donors (Lipinski definition) is 2. The fraction of sp³-hybridized carbons (Fsp3) is 0.105. The number of aryl methyl sites for hydroxylation is 1. The van der Waals surface area contributed by atoms with Gasteiger partial charge in [0.15, 0.2) is 0 Å². The number of rotatable bonds is 5. The van der Waals surface area contributed by atoms with E-state index in [0.29, 0.717) is 22.7 Å². The summed E-state index contributed by atoms with van der Waals surface area (Å²) in [5.41, 5.74) is 5.50. The lowest BCUT2D eigenvalue weighted by Gasteiger charge is -2.07. The van der Waals surface area contributed by atoms with Crippen LogP contribution in [-0.2, 0) is 7.05 Å². The van der Waals surface area contributed by atoms with E-state index in [1.165, 1.54) is 10.9 Å². The maximum Gasteiger partial charge on any atom is 0.273 e. The number of amides is 2. The molecule has 0 saturated carbocycles. The fourth-order valence-corrected chi connectivity index (χ4v) is 2.35. The second-order valence-electron chi connectivity index (χ2n) is 5.75. The van der Waals surface area contributed by atoms with Crippen LogP contribution in [0.1, 0.15) is 33.3 Å². The summed E-state index contributed by atoms with van der Waals surface area (Å²) >= 11 is 0. The van der Waals surface area contributed by atoms with E-state index in [4.69, 9.17) is 0 Å².